The van der Waals surface area contributed by atoms with Crippen molar-refractivity contribution in [2.75, 3.05) is 0 Å². The molecule has 2 rings (SSSR count). The third-order valence-corrected chi connectivity index (χ3v) is 3.73. The number of rotatable bonds is 6. The van der Waals surface area contributed by atoms with Crippen LogP contribution in [0.5, 0.6) is 0 Å². The molecule has 1 aromatic carbocycles. The molecule has 0 saturated carbocycles. The van der Waals surface area contributed by atoms with Gasteiger partial charge in [-0.15, -0.1) is 13.2 Å². The van der Waals surface area contributed by atoms with Gasteiger partial charge in [0.25, 0.3) is 0 Å². The van der Waals surface area contributed by atoms with Gasteiger partial charge in [-0.25, -0.2) is 28.1 Å². The number of hydrogen-bond acceptors (Lipinski definition) is 3. The zero-order valence-corrected chi connectivity index (χ0v) is 14.0. The standard InChI is InChI=1S/C16H16BrN3O3/c1-3-8-18-14(21)19(9-4-2)16(23)20(15(18)22)11-12-6-5-7-13(17)10-12/h3-7,10H,1-2,8-9,11H2. The highest BCUT2D eigenvalue weighted by Crippen LogP contribution is 2.11. The van der Waals surface area contributed by atoms with Gasteiger partial charge in [0.1, 0.15) is 0 Å². The first-order valence-electron chi connectivity index (χ1n) is 6.90. The molecule has 1 heterocycles. The molecule has 0 aliphatic rings. The number of allylic oxidation sites excluding steroid dienone is 2. The number of aromatic nitrogens is 3. The van der Waals surface area contributed by atoms with E-state index in [0.29, 0.717) is 0 Å². The van der Waals surface area contributed by atoms with E-state index in [9.17, 15) is 14.4 Å². The highest BCUT2D eigenvalue weighted by atomic mass is 79.9. The van der Waals surface area contributed by atoms with E-state index in [0.717, 1.165) is 23.7 Å². The molecule has 0 saturated heterocycles. The third-order valence-electron chi connectivity index (χ3n) is 3.24. The molecule has 0 unspecified atom stereocenters. The monoisotopic (exact) mass is 377 g/mol. The van der Waals surface area contributed by atoms with Crippen LogP contribution in [-0.4, -0.2) is 13.7 Å². The van der Waals surface area contributed by atoms with E-state index in [4.69, 9.17) is 0 Å². The summed E-state index contributed by atoms with van der Waals surface area (Å²) >= 11 is 3.35. The van der Waals surface area contributed by atoms with Gasteiger partial charge in [-0.1, -0.05) is 40.2 Å². The Morgan fingerprint density at radius 1 is 0.913 bits per heavy atom. The van der Waals surface area contributed by atoms with Crippen molar-refractivity contribution < 1.29 is 0 Å². The van der Waals surface area contributed by atoms with Gasteiger partial charge >= 0.3 is 17.1 Å². The van der Waals surface area contributed by atoms with Crippen molar-refractivity contribution >= 4 is 15.9 Å². The van der Waals surface area contributed by atoms with Crippen molar-refractivity contribution in [3.63, 3.8) is 0 Å². The van der Waals surface area contributed by atoms with Crippen molar-refractivity contribution in [1.29, 1.82) is 0 Å². The molecular formula is C16H16BrN3O3. The maximum absolute atomic E-state index is 12.5. The Morgan fingerprint density at radius 2 is 1.43 bits per heavy atom. The smallest absolute Gasteiger partial charge is 0.247 e. The van der Waals surface area contributed by atoms with Gasteiger partial charge < -0.3 is 0 Å². The summed E-state index contributed by atoms with van der Waals surface area (Å²) in [5, 5.41) is 0. The first kappa shape index (κ1) is 17.0. The number of halogens is 1. The van der Waals surface area contributed by atoms with Crippen molar-refractivity contribution in [2.24, 2.45) is 0 Å². The fraction of sp³-hybridized carbons (Fsp3) is 0.188. The number of nitrogens with zero attached hydrogens (tertiary/aromatic N) is 3. The van der Waals surface area contributed by atoms with Crippen molar-refractivity contribution in [2.45, 2.75) is 19.6 Å². The predicted octanol–water partition coefficient (Wildman–Crippen LogP) is 1.35. The van der Waals surface area contributed by atoms with Gasteiger partial charge in [-0.05, 0) is 17.7 Å². The average Bonchev–Trinajstić information content (AvgIpc) is 2.52. The van der Waals surface area contributed by atoms with E-state index in [1.807, 2.05) is 18.2 Å². The average molecular weight is 378 g/mol. The normalized spacial score (nSPS) is 10.5. The second kappa shape index (κ2) is 7.23. The quantitative estimate of drug-likeness (QED) is 0.713. The lowest BCUT2D eigenvalue weighted by molar-refractivity contribution is 0.498. The Hall–Kier alpha value is -2.41. The summed E-state index contributed by atoms with van der Waals surface area (Å²) in [5.41, 5.74) is -1.20. The minimum absolute atomic E-state index is 0.0353. The van der Waals surface area contributed by atoms with Crippen LogP contribution in [0, 0.1) is 0 Å². The van der Waals surface area contributed by atoms with Crippen LogP contribution in [0.4, 0.5) is 0 Å². The summed E-state index contributed by atoms with van der Waals surface area (Å²) in [6, 6.07) is 7.28. The first-order valence-corrected chi connectivity index (χ1v) is 7.69. The molecule has 0 aliphatic carbocycles. The van der Waals surface area contributed by atoms with E-state index in [1.165, 1.54) is 12.2 Å². The summed E-state index contributed by atoms with van der Waals surface area (Å²) in [6.07, 6.45) is 2.88. The summed E-state index contributed by atoms with van der Waals surface area (Å²) in [7, 11) is 0. The number of hydrogen-bond donors (Lipinski definition) is 0. The predicted molar refractivity (Wildman–Crippen MR) is 92.9 cm³/mol. The second-order valence-corrected chi connectivity index (χ2v) is 5.78. The van der Waals surface area contributed by atoms with E-state index in [2.05, 4.69) is 29.1 Å². The third kappa shape index (κ3) is 3.50. The minimum atomic E-state index is -0.662. The molecule has 0 amide bonds. The first-order chi connectivity index (χ1) is 11.0. The molecular weight excluding hydrogens is 362 g/mol. The lowest BCUT2D eigenvalue weighted by Gasteiger charge is -2.12. The summed E-state index contributed by atoms with van der Waals surface area (Å²) in [5.74, 6) is 0. The van der Waals surface area contributed by atoms with Crippen molar-refractivity contribution in [1.82, 2.24) is 13.7 Å². The zero-order valence-electron chi connectivity index (χ0n) is 12.4. The molecule has 2 aromatic rings. The summed E-state index contributed by atoms with van der Waals surface area (Å²) in [4.78, 5) is 37.2. The molecule has 1 aromatic heterocycles. The molecule has 0 aliphatic heterocycles. The molecule has 0 bridgehead atoms. The Balaban J connectivity index is 2.69. The Morgan fingerprint density at radius 3 is 1.91 bits per heavy atom. The van der Waals surface area contributed by atoms with Gasteiger partial charge in [0, 0.05) is 4.47 Å². The van der Waals surface area contributed by atoms with Crippen molar-refractivity contribution in [3.8, 4) is 0 Å². The lowest BCUT2D eigenvalue weighted by atomic mass is 10.2. The van der Waals surface area contributed by atoms with Crippen LogP contribution >= 0.6 is 15.9 Å². The molecule has 0 radical (unpaired) electrons. The molecule has 0 N–H and O–H groups in total. The second-order valence-electron chi connectivity index (χ2n) is 4.86. The molecule has 23 heavy (non-hydrogen) atoms. The van der Waals surface area contributed by atoms with Crippen molar-refractivity contribution in [3.05, 3.63) is 91.1 Å². The van der Waals surface area contributed by atoms with E-state index in [-0.39, 0.29) is 19.6 Å². The summed E-state index contributed by atoms with van der Waals surface area (Å²) in [6.45, 7) is 7.23. The fourth-order valence-electron chi connectivity index (χ4n) is 2.21. The molecule has 0 spiro atoms. The summed E-state index contributed by atoms with van der Waals surface area (Å²) < 4.78 is 3.84. The zero-order chi connectivity index (χ0) is 17.0. The fourth-order valence-corrected chi connectivity index (χ4v) is 2.65. The van der Waals surface area contributed by atoms with E-state index in [1.54, 1.807) is 6.07 Å². The Labute approximate surface area is 140 Å². The van der Waals surface area contributed by atoms with Crippen LogP contribution < -0.4 is 17.1 Å². The van der Waals surface area contributed by atoms with Crippen LogP contribution in [0.3, 0.4) is 0 Å². The van der Waals surface area contributed by atoms with Gasteiger partial charge in [-0.2, -0.15) is 0 Å². The van der Waals surface area contributed by atoms with Crippen LogP contribution in [0.15, 0.2) is 68.4 Å². The van der Waals surface area contributed by atoms with Crippen LogP contribution in [0.2, 0.25) is 0 Å². The topological polar surface area (TPSA) is 66.0 Å². The van der Waals surface area contributed by atoms with Gasteiger partial charge in [0.15, 0.2) is 0 Å². The molecule has 6 nitrogen and oxygen atoms in total. The molecule has 0 atom stereocenters. The molecule has 120 valence electrons. The van der Waals surface area contributed by atoms with Gasteiger partial charge in [0.2, 0.25) is 0 Å². The Bertz CT molecular complexity index is 873. The Kier molecular flexibility index (Phi) is 5.33. The van der Waals surface area contributed by atoms with E-state index < -0.39 is 17.1 Å². The van der Waals surface area contributed by atoms with Crippen LogP contribution in [-0.2, 0) is 19.6 Å². The van der Waals surface area contributed by atoms with E-state index >= 15 is 0 Å². The highest BCUT2D eigenvalue weighted by Gasteiger charge is 2.14. The van der Waals surface area contributed by atoms with Gasteiger partial charge in [-0.3, -0.25) is 0 Å². The maximum atomic E-state index is 12.5. The minimum Gasteiger partial charge on any atom is -0.247 e. The largest absolute Gasteiger partial charge is 0.336 e. The van der Waals surface area contributed by atoms with Crippen LogP contribution in [0.1, 0.15) is 5.56 Å². The SMILES string of the molecule is C=CCn1c(=O)n(CC=C)c(=O)n(Cc2cccc(Br)c2)c1=O. The lowest BCUT2D eigenvalue weighted by Crippen LogP contribution is -2.54. The highest BCUT2D eigenvalue weighted by molar-refractivity contribution is 9.10. The number of benzene rings is 1. The maximum Gasteiger partial charge on any atom is 0.336 e. The van der Waals surface area contributed by atoms with Crippen LogP contribution in [0.25, 0.3) is 0 Å². The molecule has 0 fully saturated rings. The van der Waals surface area contributed by atoms with Gasteiger partial charge in [0.05, 0.1) is 19.6 Å². The molecule has 7 heteroatoms.